The van der Waals surface area contributed by atoms with E-state index in [2.05, 4.69) is 36.5 Å². The molecule has 1 aromatic carbocycles. The van der Waals surface area contributed by atoms with E-state index in [0.717, 1.165) is 0 Å². The van der Waals surface area contributed by atoms with Gasteiger partial charge in [0.25, 0.3) is 0 Å². The lowest BCUT2D eigenvalue weighted by atomic mass is 10.2. The molecule has 0 spiro atoms. The molecule has 0 bridgehead atoms. The summed E-state index contributed by atoms with van der Waals surface area (Å²) in [4.78, 5) is 0. The zero-order chi connectivity index (χ0) is 8.81. The minimum absolute atomic E-state index is 0.400. The predicted octanol–water partition coefficient (Wildman–Crippen LogP) is 3.06. The maximum absolute atomic E-state index is 3.36. The Morgan fingerprint density at radius 2 is 1.92 bits per heavy atom. The van der Waals surface area contributed by atoms with E-state index in [1.54, 1.807) is 0 Å². The summed E-state index contributed by atoms with van der Waals surface area (Å²) < 4.78 is 0. The first-order valence-corrected chi connectivity index (χ1v) is 4.27. The van der Waals surface area contributed by atoms with Gasteiger partial charge in [-0.3, -0.25) is 0 Å². The third kappa shape index (κ3) is 2.79. The Morgan fingerprint density at radius 1 is 1.25 bits per heavy atom. The SMILES string of the molecule is C/C=C/C(C)Nc1ccccc1. The van der Waals surface area contributed by atoms with Crippen molar-refractivity contribution in [3.63, 3.8) is 0 Å². The molecular formula is C11H15N. The van der Waals surface area contributed by atoms with Crippen LogP contribution >= 0.6 is 0 Å². The normalized spacial score (nSPS) is 13.2. The average Bonchev–Trinajstić information content (AvgIpc) is 2.06. The molecule has 0 aliphatic heterocycles. The summed E-state index contributed by atoms with van der Waals surface area (Å²) in [7, 11) is 0. The molecule has 1 N–H and O–H groups in total. The van der Waals surface area contributed by atoms with E-state index in [9.17, 15) is 0 Å². The van der Waals surface area contributed by atoms with Crippen molar-refractivity contribution in [1.29, 1.82) is 0 Å². The number of hydrogen-bond acceptors (Lipinski definition) is 1. The van der Waals surface area contributed by atoms with Gasteiger partial charge < -0.3 is 5.32 Å². The molecule has 0 aromatic heterocycles. The van der Waals surface area contributed by atoms with Crippen LogP contribution in [0.2, 0.25) is 0 Å². The molecule has 0 amide bonds. The third-order valence-electron chi connectivity index (χ3n) is 1.65. The highest BCUT2D eigenvalue weighted by Crippen LogP contribution is 2.06. The summed E-state index contributed by atoms with van der Waals surface area (Å²) >= 11 is 0. The van der Waals surface area contributed by atoms with Gasteiger partial charge in [0.15, 0.2) is 0 Å². The second kappa shape index (κ2) is 4.60. The molecular weight excluding hydrogens is 146 g/mol. The van der Waals surface area contributed by atoms with Crippen LogP contribution in [-0.2, 0) is 0 Å². The third-order valence-corrected chi connectivity index (χ3v) is 1.65. The summed E-state index contributed by atoms with van der Waals surface area (Å²) in [6.07, 6.45) is 4.19. The van der Waals surface area contributed by atoms with Gasteiger partial charge >= 0.3 is 0 Å². The lowest BCUT2D eigenvalue weighted by molar-refractivity contribution is 0.995. The van der Waals surface area contributed by atoms with Crippen LogP contribution in [0.5, 0.6) is 0 Å². The van der Waals surface area contributed by atoms with Crippen LogP contribution in [0.25, 0.3) is 0 Å². The van der Waals surface area contributed by atoms with Crippen molar-refractivity contribution in [2.24, 2.45) is 0 Å². The zero-order valence-corrected chi connectivity index (χ0v) is 7.62. The van der Waals surface area contributed by atoms with Crippen molar-refractivity contribution >= 4 is 5.69 Å². The fraction of sp³-hybridized carbons (Fsp3) is 0.273. The van der Waals surface area contributed by atoms with Crippen LogP contribution in [-0.4, -0.2) is 6.04 Å². The second-order valence-electron chi connectivity index (χ2n) is 2.82. The molecule has 1 nitrogen and oxygen atoms in total. The average molecular weight is 161 g/mol. The minimum Gasteiger partial charge on any atom is -0.379 e. The Kier molecular flexibility index (Phi) is 3.39. The number of benzene rings is 1. The molecule has 1 aromatic rings. The summed E-state index contributed by atoms with van der Waals surface area (Å²) in [5.74, 6) is 0. The number of allylic oxidation sites excluding steroid dienone is 1. The Bertz CT molecular complexity index is 238. The fourth-order valence-electron chi connectivity index (χ4n) is 1.13. The molecule has 0 heterocycles. The van der Waals surface area contributed by atoms with E-state index < -0.39 is 0 Å². The number of nitrogens with one attached hydrogen (secondary N) is 1. The summed E-state index contributed by atoms with van der Waals surface area (Å²) in [6.45, 7) is 4.16. The van der Waals surface area contributed by atoms with Crippen LogP contribution in [0.15, 0.2) is 42.5 Å². The second-order valence-corrected chi connectivity index (χ2v) is 2.82. The zero-order valence-electron chi connectivity index (χ0n) is 7.62. The van der Waals surface area contributed by atoms with Gasteiger partial charge in [-0.2, -0.15) is 0 Å². The van der Waals surface area contributed by atoms with E-state index in [4.69, 9.17) is 0 Å². The first-order chi connectivity index (χ1) is 5.83. The monoisotopic (exact) mass is 161 g/mol. The van der Waals surface area contributed by atoms with Crippen LogP contribution < -0.4 is 5.32 Å². The van der Waals surface area contributed by atoms with E-state index in [1.807, 2.05) is 25.1 Å². The van der Waals surface area contributed by atoms with Gasteiger partial charge in [-0.15, -0.1) is 0 Å². The van der Waals surface area contributed by atoms with Gasteiger partial charge in [0.1, 0.15) is 0 Å². The molecule has 0 aliphatic rings. The Balaban J connectivity index is 2.52. The van der Waals surface area contributed by atoms with Crippen LogP contribution in [0.4, 0.5) is 5.69 Å². The lowest BCUT2D eigenvalue weighted by Gasteiger charge is -2.10. The standard InChI is InChI=1S/C11H15N/c1-3-7-10(2)12-11-8-5-4-6-9-11/h3-10,12H,1-2H3/b7-3+. The maximum Gasteiger partial charge on any atom is 0.0416 e. The smallest absolute Gasteiger partial charge is 0.0416 e. The van der Waals surface area contributed by atoms with Crippen molar-refractivity contribution in [2.75, 3.05) is 5.32 Å². The van der Waals surface area contributed by atoms with Gasteiger partial charge in [-0.1, -0.05) is 30.4 Å². The number of para-hydroxylation sites is 1. The van der Waals surface area contributed by atoms with E-state index in [0.29, 0.717) is 6.04 Å². The van der Waals surface area contributed by atoms with Crippen LogP contribution in [0.3, 0.4) is 0 Å². The van der Waals surface area contributed by atoms with Crippen molar-refractivity contribution in [3.05, 3.63) is 42.5 Å². The van der Waals surface area contributed by atoms with Gasteiger partial charge in [0.2, 0.25) is 0 Å². The minimum atomic E-state index is 0.400. The molecule has 12 heavy (non-hydrogen) atoms. The fourth-order valence-corrected chi connectivity index (χ4v) is 1.13. The van der Waals surface area contributed by atoms with Crippen LogP contribution in [0, 0.1) is 0 Å². The van der Waals surface area contributed by atoms with Gasteiger partial charge in [0.05, 0.1) is 0 Å². The molecule has 0 radical (unpaired) electrons. The Labute approximate surface area is 74.1 Å². The first-order valence-electron chi connectivity index (χ1n) is 4.27. The van der Waals surface area contributed by atoms with Gasteiger partial charge in [-0.05, 0) is 26.0 Å². The molecule has 0 aliphatic carbocycles. The number of rotatable bonds is 3. The summed E-state index contributed by atoms with van der Waals surface area (Å²) in [5.41, 5.74) is 1.17. The molecule has 1 atom stereocenters. The van der Waals surface area contributed by atoms with E-state index in [-0.39, 0.29) is 0 Å². The Hall–Kier alpha value is -1.24. The highest BCUT2D eigenvalue weighted by Gasteiger charge is 1.93. The molecule has 0 fully saturated rings. The van der Waals surface area contributed by atoms with E-state index in [1.165, 1.54) is 5.69 Å². The largest absolute Gasteiger partial charge is 0.379 e. The first kappa shape index (κ1) is 8.85. The molecule has 1 heteroatoms. The lowest BCUT2D eigenvalue weighted by Crippen LogP contribution is -2.11. The molecule has 64 valence electrons. The number of hydrogen-bond donors (Lipinski definition) is 1. The van der Waals surface area contributed by atoms with Crippen molar-refractivity contribution in [1.82, 2.24) is 0 Å². The molecule has 0 saturated heterocycles. The highest BCUT2D eigenvalue weighted by atomic mass is 14.9. The maximum atomic E-state index is 3.36. The molecule has 0 saturated carbocycles. The predicted molar refractivity (Wildman–Crippen MR) is 54.3 cm³/mol. The number of anilines is 1. The summed E-state index contributed by atoms with van der Waals surface area (Å²) in [6, 6.07) is 10.6. The van der Waals surface area contributed by atoms with E-state index >= 15 is 0 Å². The van der Waals surface area contributed by atoms with Crippen molar-refractivity contribution in [2.45, 2.75) is 19.9 Å². The van der Waals surface area contributed by atoms with Crippen molar-refractivity contribution in [3.8, 4) is 0 Å². The molecule has 1 rings (SSSR count). The summed E-state index contributed by atoms with van der Waals surface area (Å²) in [5, 5.41) is 3.36. The quantitative estimate of drug-likeness (QED) is 0.672. The van der Waals surface area contributed by atoms with Crippen molar-refractivity contribution < 1.29 is 0 Å². The highest BCUT2D eigenvalue weighted by molar-refractivity contribution is 5.44. The van der Waals surface area contributed by atoms with Gasteiger partial charge in [0, 0.05) is 11.7 Å². The van der Waals surface area contributed by atoms with Gasteiger partial charge in [-0.25, -0.2) is 0 Å². The van der Waals surface area contributed by atoms with Crippen LogP contribution in [0.1, 0.15) is 13.8 Å². The topological polar surface area (TPSA) is 12.0 Å². The Morgan fingerprint density at radius 3 is 2.50 bits per heavy atom. The molecule has 1 unspecified atom stereocenters.